The molecule has 2 aliphatic rings. The number of amidine groups is 1. The van der Waals surface area contributed by atoms with E-state index < -0.39 is 17.8 Å². The van der Waals surface area contributed by atoms with Gasteiger partial charge in [-0.05, 0) is 26.0 Å². The normalized spacial score (nSPS) is 18.3. The van der Waals surface area contributed by atoms with Crippen LogP contribution in [0.3, 0.4) is 0 Å². The van der Waals surface area contributed by atoms with Crippen molar-refractivity contribution in [1.82, 2.24) is 15.2 Å². The molecule has 3 heterocycles. The summed E-state index contributed by atoms with van der Waals surface area (Å²) < 4.78 is 29.8. The zero-order valence-corrected chi connectivity index (χ0v) is 22.2. The van der Waals surface area contributed by atoms with Gasteiger partial charge >= 0.3 is 11.9 Å². The van der Waals surface area contributed by atoms with Gasteiger partial charge in [-0.15, -0.1) is 11.3 Å². The van der Waals surface area contributed by atoms with Gasteiger partial charge in [0.05, 0.1) is 44.1 Å². The lowest BCUT2D eigenvalue weighted by Crippen LogP contribution is -2.43. The molecular weight excluding hydrogens is 523 g/mol. The summed E-state index contributed by atoms with van der Waals surface area (Å²) in [4.78, 5) is 36.7. The van der Waals surface area contributed by atoms with Crippen LogP contribution in [0, 0.1) is 5.82 Å². The summed E-state index contributed by atoms with van der Waals surface area (Å²) >= 11 is 7.75. The summed E-state index contributed by atoms with van der Waals surface area (Å²) in [5, 5.41) is 5.73. The highest BCUT2D eigenvalue weighted by Crippen LogP contribution is 2.37. The van der Waals surface area contributed by atoms with E-state index in [1.54, 1.807) is 19.2 Å². The number of thiazole rings is 1. The van der Waals surface area contributed by atoms with E-state index in [0.29, 0.717) is 66.2 Å². The van der Waals surface area contributed by atoms with Gasteiger partial charge < -0.3 is 19.5 Å². The number of aliphatic imine (C=N–C) groups is 1. The second-order valence-electron chi connectivity index (χ2n) is 8.30. The van der Waals surface area contributed by atoms with Crippen LogP contribution in [-0.4, -0.2) is 73.7 Å². The first-order chi connectivity index (χ1) is 17.9. The second-order valence-corrected chi connectivity index (χ2v) is 9.56. The molecule has 0 saturated carbocycles. The fraction of sp³-hybridized carbons (Fsp3) is 0.440. The van der Waals surface area contributed by atoms with Gasteiger partial charge in [0.15, 0.2) is 10.8 Å². The number of aromatic nitrogens is 1. The van der Waals surface area contributed by atoms with Gasteiger partial charge in [0, 0.05) is 41.3 Å². The topological polar surface area (TPSA) is 102 Å². The molecule has 9 nitrogen and oxygen atoms in total. The lowest BCUT2D eigenvalue weighted by molar-refractivity contribution is -0.142. The Balaban J connectivity index is 1.76. The highest BCUT2D eigenvalue weighted by molar-refractivity contribution is 7.11. The Hall–Kier alpha value is -2.86. The van der Waals surface area contributed by atoms with Gasteiger partial charge in [-0.3, -0.25) is 14.7 Å². The Morgan fingerprint density at radius 1 is 1.24 bits per heavy atom. The van der Waals surface area contributed by atoms with Crippen molar-refractivity contribution in [2.24, 2.45) is 4.99 Å². The Morgan fingerprint density at radius 3 is 2.70 bits per heavy atom. The predicted molar refractivity (Wildman–Crippen MR) is 137 cm³/mol. The molecular formula is C25H28ClFN4O5S. The fourth-order valence-electron chi connectivity index (χ4n) is 4.07. The van der Waals surface area contributed by atoms with Crippen LogP contribution >= 0.6 is 22.9 Å². The van der Waals surface area contributed by atoms with E-state index in [0.717, 1.165) is 0 Å². The summed E-state index contributed by atoms with van der Waals surface area (Å²) in [5.41, 5.74) is 1.91. The van der Waals surface area contributed by atoms with E-state index in [9.17, 15) is 14.0 Å². The van der Waals surface area contributed by atoms with Crippen molar-refractivity contribution >= 4 is 40.7 Å². The number of carbonyl (C=O) groups is 2. The van der Waals surface area contributed by atoms with Gasteiger partial charge in [-0.25, -0.2) is 14.2 Å². The zero-order valence-electron chi connectivity index (χ0n) is 20.6. The molecule has 0 spiro atoms. The molecule has 1 N–H and O–H groups in total. The molecule has 0 aliphatic carbocycles. The fourth-order valence-corrected chi connectivity index (χ4v) is 5.11. The third kappa shape index (κ3) is 6.72. The maximum absolute atomic E-state index is 13.9. The van der Waals surface area contributed by atoms with Crippen LogP contribution in [-0.2, 0) is 30.2 Å². The number of nitrogens with zero attached hydrogens (tertiary/aromatic N) is 3. The van der Waals surface area contributed by atoms with E-state index in [1.807, 2.05) is 0 Å². The molecule has 1 saturated heterocycles. The maximum atomic E-state index is 13.9. The molecule has 1 aromatic heterocycles. The van der Waals surface area contributed by atoms with Crippen LogP contribution in [0.4, 0.5) is 4.39 Å². The number of morpholine rings is 1. The summed E-state index contributed by atoms with van der Waals surface area (Å²) in [6.07, 6.45) is 0.0371. The minimum Gasteiger partial charge on any atom is -0.466 e. The molecule has 0 radical (unpaired) electrons. The van der Waals surface area contributed by atoms with Crippen LogP contribution in [0.5, 0.6) is 0 Å². The molecule has 37 heavy (non-hydrogen) atoms. The van der Waals surface area contributed by atoms with Crippen LogP contribution in [0.2, 0.25) is 5.02 Å². The van der Waals surface area contributed by atoms with Gasteiger partial charge in [-0.2, -0.15) is 0 Å². The van der Waals surface area contributed by atoms with E-state index in [-0.39, 0.29) is 30.6 Å². The highest BCUT2D eigenvalue weighted by atomic mass is 35.5. The molecule has 4 rings (SSSR count). The lowest BCUT2D eigenvalue weighted by Gasteiger charge is -2.32. The number of esters is 2. The molecule has 1 fully saturated rings. The highest BCUT2D eigenvalue weighted by Gasteiger charge is 2.35. The van der Waals surface area contributed by atoms with E-state index in [1.165, 1.54) is 29.5 Å². The van der Waals surface area contributed by atoms with Gasteiger partial charge in [-0.1, -0.05) is 17.7 Å². The summed E-state index contributed by atoms with van der Waals surface area (Å²) in [7, 11) is 0. The number of benzene rings is 1. The Bertz CT molecular complexity index is 1210. The van der Waals surface area contributed by atoms with Crippen LogP contribution in [0.25, 0.3) is 0 Å². The third-order valence-corrected chi connectivity index (χ3v) is 6.97. The first-order valence-electron chi connectivity index (χ1n) is 12.0. The average Bonchev–Trinajstić information content (AvgIpc) is 3.33. The van der Waals surface area contributed by atoms with Crippen LogP contribution in [0.15, 0.2) is 39.8 Å². The number of carbonyl (C=O) groups excluding carboxylic acids is 2. The Morgan fingerprint density at radius 2 is 2.00 bits per heavy atom. The quantitative estimate of drug-likeness (QED) is 0.475. The van der Waals surface area contributed by atoms with Gasteiger partial charge in [0.1, 0.15) is 11.9 Å². The molecule has 1 atom stereocenters. The van der Waals surface area contributed by atoms with Crippen molar-refractivity contribution in [3.63, 3.8) is 0 Å². The molecule has 0 amide bonds. The smallest absolute Gasteiger partial charge is 0.338 e. The van der Waals surface area contributed by atoms with E-state index in [4.69, 9.17) is 30.8 Å². The SMILES string of the molecule is CCOC(=O)Cc1csc(C2=NC(c3ccc(F)cc3Cl)C(C(=O)OCC)=C(CN3CCOCC3)N2)n1. The lowest BCUT2D eigenvalue weighted by atomic mass is 9.95. The Labute approximate surface area is 223 Å². The van der Waals surface area contributed by atoms with Gasteiger partial charge in [0.25, 0.3) is 0 Å². The standard InChI is InChI=1S/C25H28ClFN4O5S/c1-3-35-20(32)12-16-14-37-24(28-16)23-29-19(13-31-7-9-34-10-8-31)21(25(33)36-4-2)22(30-23)17-6-5-15(27)11-18(17)26/h5-6,11,14,22H,3-4,7-10,12-13H2,1-2H3,(H,29,30). The molecule has 12 heteroatoms. The van der Waals surface area contributed by atoms with Crippen LogP contribution in [0.1, 0.15) is 36.2 Å². The number of hydrogen-bond donors (Lipinski definition) is 1. The molecule has 1 aromatic carbocycles. The average molecular weight is 551 g/mol. The van der Waals surface area contributed by atoms with Crippen molar-refractivity contribution in [3.05, 3.63) is 62.0 Å². The Kier molecular flexibility index (Phi) is 9.25. The number of nitrogens with one attached hydrogen (secondary N) is 1. The molecule has 198 valence electrons. The molecule has 2 aliphatic heterocycles. The summed E-state index contributed by atoms with van der Waals surface area (Å²) in [6.45, 7) is 6.90. The first kappa shape index (κ1) is 27.2. The second kappa shape index (κ2) is 12.6. The molecule has 2 aromatic rings. The summed E-state index contributed by atoms with van der Waals surface area (Å²) in [5.74, 6) is -0.979. The molecule has 0 bridgehead atoms. The van der Waals surface area contributed by atoms with Crippen molar-refractivity contribution in [1.29, 1.82) is 0 Å². The van der Waals surface area contributed by atoms with E-state index in [2.05, 4.69) is 15.2 Å². The zero-order chi connectivity index (χ0) is 26.4. The number of rotatable bonds is 9. The predicted octanol–water partition coefficient (Wildman–Crippen LogP) is 3.28. The monoisotopic (exact) mass is 550 g/mol. The first-order valence-corrected chi connectivity index (χ1v) is 13.3. The minimum atomic E-state index is -0.850. The third-order valence-electron chi connectivity index (χ3n) is 5.75. The molecule has 1 unspecified atom stereocenters. The van der Waals surface area contributed by atoms with Crippen LogP contribution < -0.4 is 5.32 Å². The van der Waals surface area contributed by atoms with Crippen molar-refractivity contribution in [2.75, 3.05) is 46.1 Å². The van der Waals surface area contributed by atoms with Gasteiger partial charge in [0.2, 0.25) is 0 Å². The number of halogens is 2. The summed E-state index contributed by atoms with van der Waals surface area (Å²) in [6, 6.07) is 3.15. The van der Waals surface area contributed by atoms with Crippen molar-refractivity contribution in [3.8, 4) is 0 Å². The van der Waals surface area contributed by atoms with Crippen molar-refractivity contribution in [2.45, 2.75) is 26.3 Å². The maximum Gasteiger partial charge on any atom is 0.338 e. The van der Waals surface area contributed by atoms with Crippen molar-refractivity contribution < 1.29 is 28.2 Å². The minimum absolute atomic E-state index is 0.0371. The largest absolute Gasteiger partial charge is 0.466 e. The number of ether oxygens (including phenoxy) is 3. The number of hydrogen-bond acceptors (Lipinski definition) is 10. The van der Waals surface area contributed by atoms with E-state index >= 15 is 0 Å².